The van der Waals surface area contributed by atoms with E-state index in [1.54, 1.807) is 24.3 Å². The van der Waals surface area contributed by atoms with Crippen LogP contribution in [0.3, 0.4) is 0 Å². The Morgan fingerprint density at radius 3 is 2.55 bits per heavy atom. The number of benzene rings is 1. The van der Waals surface area contributed by atoms with Gasteiger partial charge in [-0.1, -0.05) is 12.2 Å². The Hall–Kier alpha value is -2.45. The molecule has 3 aliphatic rings. The summed E-state index contributed by atoms with van der Waals surface area (Å²) in [5, 5.41) is 10.2. The number of hydrogen-bond donors (Lipinski definition) is 0. The number of piperidine rings is 1. The Morgan fingerprint density at radius 1 is 1.13 bits per heavy atom. The summed E-state index contributed by atoms with van der Waals surface area (Å²) in [6.45, 7) is 1.56. The summed E-state index contributed by atoms with van der Waals surface area (Å²) in [4.78, 5) is 21.4. The molecule has 2 aromatic rings. The van der Waals surface area contributed by atoms with Crippen LogP contribution in [0.15, 0.2) is 36.4 Å². The van der Waals surface area contributed by atoms with E-state index in [0.717, 1.165) is 44.2 Å². The molecule has 5 heteroatoms. The molecule has 5 rings (SSSR count). The number of allylic oxidation sites excluding steroid dienone is 2. The van der Waals surface area contributed by atoms with Gasteiger partial charge in [-0.05, 0) is 87.5 Å². The molecule has 2 aliphatic carbocycles. The molecule has 1 saturated heterocycles. The minimum atomic E-state index is 0.0743. The zero-order valence-electron chi connectivity index (χ0n) is 17.9. The fourth-order valence-electron chi connectivity index (χ4n) is 5.16. The lowest BCUT2D eigenvalue weighted by molar-refractivity contribution is 0.0713. The fourth-order valence-corrected chi connectivity index (χ4v) is 6.45. The van der Waals surface area contributed by atoms with Crippen LogP contribution < -0.4 is 0 Å². The number of carbonyl (C=O) groups is 1. The summed E-state index contributed by atoms with van der Waals surface area (Å²) in [5.41, 5.74) is 2.62. The SMILES string of the molecule is N#Cc1ccc(C(=O)N2CCC(c3nc4c(s3)CCC(CC3C=CC3)CC4)CC2)cc1. The number of rotatable bonds is 4. The van der Waals surface area contributed by atoms with E-state index < -0.39 is 0 Å². The number of nitriles is 1. The fraction of sp³-hybridized carbons (Fsp3) is 0.500. The summed E-state index contributed by atoms with van der Waals surface area (Å²) in [7, 11) is 0. The van der Waals surface area contributed by atoms with Gasteiger partial charge in [-0.15, -0.1) is 11.3 Å². The molecule has 160 valence electrons. The Kier molecular flexibility index (Phi) is 5.91. The predicted molar refractivity (Wildman–Crippen MR) is 123 cm³/mol. The third-order valence-electron chi connectivity index (χ3n) is 7.24. The molecular weight excluding hydrogens is 402 g/mol. The number of amides is 1. The van der Waals surface area contributed by atoms with Crippen LogP contribution in [-0.4, -0.2) is 28.9 Å². The van der Waals surface area contributed by atoms with Gasteiger partial charge in [0.25, 0.3) is 5.91 Å². The van der Waals surface area contributed by atoms with Crippen molar-refractivity contribution >= 4 is 17.2 Å². The van der Waals surface area contributed by atoms with Gasteiger partial charge in [0.05, 0.1) is 22.3 Å². The number of hydrogen-bond acceptors (Lipinski definition) is 4. The molecule has 1 aliphatic heterocycles. The van der Waals surface area contributed by atoms with E-state index in [-0.39, 0.29) is 5.91 Å². The van der Waals surface area contributed by atoms with Gasteiger partial charge in [0.2, 0.25) is 0 Å². The molecule has 1 aromatic heterocycles. The minimum absolute atomic E-state index is 0.0743. The lowest BCUT2D eigenvalue weighted by Crippen LogP contribution is -2.37. The molecule has 1 aromatic carbocycles. The first-order valence-electron chi connectivity index (χ1n) is 11.6. The van der Waals surface area contributed by atoms with E-state index in [1.165, 1.54) is 47.7 Å². The zero-order valence-corrected chi connectivity index (χ0v) is 18.7. The highest BCUT2D eigenvalue weighted by Gasteiger charge is 2.29. The van der Waals surface area contributed by atoms with Gasteiger partial charge >= 0.3 is 0 Å². The van der Waals surface area contributed by atoms with Crippen molar-refractivity contribution in [3.63, 3.8) is 0 Å². The van der Waals surface area contributed by atoms with E-state index in [9.17, 15) is 4.79 Å². The first-order valence-corrected chi connectivity index (χ1v) is 12.5. The van der Waals surface area contributed by atoms with Crippen LogP contribution in [0.5, 0.6) is 0 Å². The molecule has 0 saturated carbocycles. The quantitative estimate of drug-likeness (QED) is 0.475. The molecule has 0 radical (unpaired) electrons. The van der Waals surface area contributed by atoms with Crippen LogP contribution in [-0.2, 0) is 12.8 Å². The van der Waals surface area contributed by atoms with Crippen LogP contribution in [0.25, 0.3) is 0 Å². The normalized spacial score (nSPS) is 23.5. The van der Waals surface area contributed by atoms with Gasteiger partial charge in [0.1, 0.15) is 0 Å². The highest BCUT2D eigenvalue weighted by molar-refractivity contribution is 7.11. The van der Waals surface area contributed by atoms with Gasteiger partial charge in [-0.25, -0.2) is 4.98 Å². The predicted octanol–water partition coefficient (Wildman–Crippen LogP) is 5.50. The standard InChI is InChI=1S/C26H29N3OS/c27-17-20-4-8-22(9-5-20)26(30)29-14-12-21(13-15-29)25-28-23-10-6-19(7-11-24(23)31-25)16-18-2-1-3-18/h1-2,4-5,8-9,18-19,21H,3,6-7,10-16H2. The Labute approximate surface area is 188 Å². The first kappa shape index (κ1) is 20.5. The largest absolute Gasteiger partial charge is 0.339 e. The molecule has 2 unspecified atom stereocenters. The smallest absolute Gasteiger partial charge is 0.253 e. The van der Waals surface area contributed by atoms with Crippen molar-refractivity contribution in [3.8, 4) is 6.07 Å². The number of likely N-dealkylation sites (tertiary alicyclic amines) is 1. The van der Waals surface area contributed by atoms with Crippen molar-refractivity contribution in [2.24, 2.45) is 11.8 Å². The van der Waals surface area contributed by atoms with Crippen LogP contribution in [0, 0.1) is 23.2 Å². The average Bonchev–Trinajstić information content (AvgIpc) is 3.11. The lowest BCUT2D eigenvalue weighted by Gasteiger charge is -2.31. The number of carbonyl (C=O) groups excluding carboxylic acids is 1. The van der Waals surface area contributed by atoms with Crippen LogP contribution in [0.2, 0.25) is 0 Å². The van der Waals surface area contributed by atoms with Gasteiger partial charge in [-0.3, -0.25) is 4.79 Å². The van der Waals surface area contributed by atoms with Gasteiger partial charge < -0.3 is 4.90 Å². The highest BCUT2D eigenvalue weighted by Crippen LogP contribution is 2.38. The molecule has 31 heavy (non-hydrogen) atoms. The maximum absolute atomic E-state index is 12.8. The number of aromatic nitrogens is 1. The van der Waals surface area contributed by atoms with Crippen molar-refractivity contribution in [1.29, 1.82) is 5.26 Å². The summed E-state index contributed by atoms with van der Waals surface area (Å²) >= 11 is 1.95. The van der Waals surface area contributed by atoms with E-state index in [4.69, 9.17) is 10.2 Å². The number of thiazole rings is 1. The summed E-state index contributed by atoms with van der Waals surface area (Å²) in [5.74, 6) is 2.25. The first-order chi connectivity index (χ1) is 15.2. The maximum atomic E-state index is 12.8. The lowest BCUT2D eigenvalue weighted by atomic mass is 9.83. The topological polar surface area (TPSA) is 57.0 Å². The second-order valence-electron chi connectivity index (χ2n) is 9.28. The second-order valence-corrected chi connectivity index (χ2v) is 10.4. The highest BCUT2D eigenvalue weighted by atomic mass is 32.1. The van der Waals surface area contributed by atoms with Crippen molar-refractivity contribution in [2.45, 2.75) is 57.3 Å². The Bertz CT molecular complexity index is 983. The van der Waals surface area contributed by atoms with E-state index in [0.29, 0.717) is 17.0 Å². The summed E-state index contributed by atoms with van der Waals surface area (Å²) in [6.07, 6.45) is 14.3. The molecule has 0 bridgehead atoms. The molecule has 4 nitrogen and oxygen atoms in total. The third-order valence-corrected chi connectivity index (χ3v) is 8.56. The molecule has 0 spiro atoms. The van der Waals surface area contributed by atoms with Gasteiger partial charge in [0, 0.05) is 29.4 Å². The molecular formula is C26H29N3OS. The van der Waals surface area contributed by atoms with Crippen molar-refractivity contribution in [1.82, 2.24) is 9.88 Å². The summed E-state index contributed by atoms with van der Waals surface area (Å²) < 4.78 is 0. The van der Waals surface area contributed by atoms with E-state index in [2.05, 4.69) is 18.2 Å². The molecule has 2 atom stereocenters. The van der Waals surface area contributed by atoms with Crippen LogP contribution in [0.1, 0.15) is 75.9 Å². The average molecular weight is 432 g/mol. The summed E-state index contributed by atoms with van der Waals surface area (Å²) in [6, 6.07) is 9.07. The minimum Gasteiger partial charge on any atom is -0.339 e. The molecule has 1 amide bonds. The zero-order chi connectivity index (χ0) is 21.2. The number of fused-ring (bicyclic) bond motifs is 1. The third kappa shape index (κ3) is 4.45. The second kappa shape index (κ2) is 8.96. The number of nitrogens with zero attached hydrogens (tertiary/aromatic N) is 3. The molecule has 2 heterocycles. The van der Waals surface area contributed by atoms with E-state index in [1.807, 2.05) is 16.2 Å². The molecule has 0 N–H and O–H groups in total. The molecule has 1 fully saturated rings. The van der Waals surface area contributed by atoms with Gasteiger partial charge in [0.15, 0.2) is 0 Å². The number of aryl methyl sites for hydroxylation is 2. The van der Waals surface area contributed by atoms with Gasteiger partial charge in [-0.2, -0.15) is 5.26 Å². The van der Waals surface area contributed by atoms with Crippen molar-refractivity contribution in [3.05, 3.63) is 63.1 Å². The maximum Gasteiger partial charge on any atom is 0.253 e. The van der Waals surface area contributed by atoms with Crippen LogP contribution in [0.4, 0.5) is 0 Å². The van der Waals surface area contributed by atoms with Crippen molar-refractivity contribution in [2.75, 3.05) is 13.1 Å². The monoisotopic (exact) mass is 431 g/mol. The van der Waals surface area contributed by atoms with Crippen molar-refractivity contribution < 1.29 is 4.79 Å². The van der Waals surface area contributed by atoms with E-state index >= 15 is 0 Å². The Balaban J connectivity index is 1.16. The van der Waals surface area contributed by atoms with Crippen LogP contribution >= 0.6 is 11.3 Å². The Morgan fingerprint density at radius 2 is 1.87 bits per heavy atom.